The van der Waals surface area contributed by atoms with Crippen molar-refractivity contribution in [1.29, 1.82) is 0 Å². The number of carbonyl (C=O) groups excluding carboxylic acids is 1. The molecule has 0 radical (unpaired) electrons. The maximum atomic E-state index is 13.4. The van der Waals surface area contributed by atoms with Crippen LogP contribution in [0.3, 0.4) is 0 Å². The van der Waals surface area contributed by atoms with E-state index in [9.17, 15) is 9.18 Å². The average Bonchev–Trinajstić information content (AvgIpc) is 2.28. The molecule has 0 aliphatic heterocycles. The molecule has 94 valence electrons. The molecular weight excluding hydrogens is 308 g/mol. The maximum absolute atomic E-state index is 13.4. The predicted molar refractivity (Wildman–Crippen MR) is 71.4 cm³/mol. The van der Waals surface area contributed by atoms with Crippen LogP contribution in [0.4, 0.5) is 4.39 Å². The van der Waals surface area contributed by atoms with E-state index >= 15 is 0 Å². The molecule has 0 saturated carbocycles. The average molecular weight is 323 g/mol. The first-order chi connectivity index (χ1) is 8.04. The molecule has 0 aromatic heterocycles. The van der Waals surface area contributed by atoms with E-state index in [-0.39, 0.29) is 10.6 Å². The van der Waals surface area contributed by atoms with Crippen molar-refractivity contribution in [2.75, 3.05) is 6.54 Å². The van der Waals surface area contributed by atoms with Gasteiger partial charge in [0.15, 0.2) is 0 Å². The third-order valence-electron chi connectivity index (χ3n) is 2.36. The summed E-state index contributed by atoms with van der Waals surface area (Å²) in [7, 11) is 0. The molecule has 1 aromatic carbocycles. The van der Waals surface area contributed by atoms with Crippen molar-refractivity contribution in [2.24, 2.45) is 0 Å². The van der Waals surface area contributed by atoms with Crippen LogP contribution >= 0.6 is 27.5 Å². The normalized spacial score (nSPS) is 12.2. The predicted octanol–water partition coefficient (Wildman–Crippen LogP) is 3.77. The Morgan fingerprint density at radius 1 is 1.59 bits per heavy atom. The van der Waals surface area contributed by atoms with Crippen molar-refractivity contribution in [3.8, 4) is 0 Å². The Hall–Kier alpha value is -0.610. The summed E-state index contributed by atoms with van der Waals surface area (Å²) in [5.74, 6) is -1.00. The van der Waals surface area contributed by atoms with E-state index in [1.165, 1.54) is 12.1 Å². The molecule has 1 N–H and O–H groups in total. The Balaban J connectivity index is 2.52. The smallest absolute Gasteiger partial charge is 0.254 e. The van der Waals surface area contributed by atoms with E-state index in [4.69, 9.17) is 11.6 Å². The zero-order valence-corrected chi connectivity index (χ0v) is 11.8. The van der Waals surface area contributed by atoms with Crippen LogP contribution in [0.5, 0.6) is 0 Å². The molecule has 0 fully saturated rings. The van der Waals surface area contributed by atoms with Gasteiger partial charge in [-0.1, -0.05) is 34.5 Å². The standard InChI is InChI=1S/C12H14BrClFNO/c1-2-8(13)5-6-16-12(17)10-4-3-9(14)7-11(10)15/h3-4,7-8H,2,5-6H2,1H3,(H,16,17). The van der Waals surface area contributed by atoms with Crippen molar-refractivity contribution < 1.29 is 9.18 Å². The Morgan fingerprint density at radius 2 is 2.29 bits per heavy atom. The Kier molecular flexibility index (Phi) is 5.92. The van der Waals surface area contributed by atoms with Crippen LogP contribution in [0.25, 0.3) is 0 Å². The minimum atomic E-state index is -0.596. The Bertz CT molecular complexity index is 400. The molecule has 17 heavy (non-hydrogen) atoms. The fraction of sp³-hybridized carbons (Fsp3) is 0.417. The number of benzene rings is 1. The van der Waals surface area contributed by atoms with Gasteiger partial charge in [-0.05, 0) is 31.0 Å². The number of hydrogen-bond acceptors (Lipinski definition) is 1. The summed E-state index contributed by atoms with van der Waals surface area (Å²) in [5.41, 5.74) is 0.0250. The van der Waals surface area contributed by atoms with Crippen LogP contribution in [0.15, 0.2) is 18.2 Å². The van der Waals surface area contributed by atoms with Crippen LogP contribution in [0, 0.1) is 5.82 Å². The van der Waals surface area contributed by atoms with Gasteiger partial charge in [0.1, 0.15) is 5.82 Å². The first kappa shape index (κ1) is 14.5. The zero-order chi connectivity index (χ0) is 12.8. The van der Waals surface area contributed by atoms with Gasteiger partial charge in [-0.3, -0.25) is 4.79 Å². The minimum Gasteiger partial charge on any atom is -0.352 e. The molecule has 0 aliphatic carbocycles. The summed E-state index contributed by atoms with van der Waals surface area (Å²) < 4.78 is 13.4. The van der Waals surface area contributed by atoms with Gasteiger partial charge in [-0.25, -0.2) is 4.39 Å². The Morgan fingerprint density at radius 3 is 2.88 bits per heavy atom. The van der Waals surface area contributed by atoms with Crippen LogP contribution in [-0.2, 0) is 0 Å². The summed E-state index contributed by atoms with van der Waals surface area (Å²) >= 11 is 9.07. The van der Waals surface area contributed by atoms with E-state index in [0.29, 0.717) is 11.4 Å². The second-order valence-electron chi connectivity index (χ2n) is 3.67. The van der Waals surface area contributed by atoms with Gasteiger partial charge in [0, 0.05) is 16.4 Å². The number of rotatable bonds is 5. The second-order valence-corrected chi connectivity index (χ2v) is 5.41. The molecule has 1 unspecified atom stereocenters. The van der Waals surface area contributed by atoms with Gasteiger partial charge in [-0.15, -0.1) is 0 Å². The van der Waals surface area contributed by atoms with Gasteiger partial charge in [0.25, 0.3) is 5.91 Å². The lowest BCUT2D eigenvalue weighted by Gasteiger charge is -2.08. The molecule has 0 spiro atoms. The fourth-order valence-electron chi connectivity index (χ4n) is 1.32. The van der Waals surface area contributed by atoms with Crippen molar-refractivity contribution in [3.05, 3.63) is 34.6 Å². The lowest BCUT2D eigenvalue weighted by atomic mass is 10.2. The zero-order valence-electron chi connectivity index (χ0n) is 9.47. The van der Waals surface area contributed by atoms with Gasteiger partial charge in [0.05, 0.1) is 5.56 Å². The molecule has 2 nitrogen and oxygen atoms in total. The number of amides is 1. The largest absolute Gasteiger partial charge is 0.352 e. The lowest BCUT2D eigenvalue weighted by Crippen LogP contribution is -2.26. The Labute approximate surface area is 114 Å². The quantitative estimate of drug-likeness (QED) is 0.821. The lowest BCUT2D eigenvalue weighted by molar-refractivity contribution is 0.0949. The van der Waals surface area contributed by atoms with Crippen LogP contribution in [-0.4, -0.2) is 17.3 Å². The van der Waals surface area contributed by atoms with Crippen LogP contribution in [0.2, 0.25) is 5.02 Å². The molecule has 0 aliphatic rings. The molecule has 1 amide bonds. The van der Waals surface area contributed by atoms with E-state index in [0.717, 1.165) is 18.9 Å². The fourth-order valence-corrected chi connectivity index (χ4v) is 1.70. The highest BCUT2D eigenvalue weighted by atomic mass is 79.9. The van der Waals surface area contributed by atoms with Crippen molar-refractivity contribution >= 4 is 33.4 Å². The number of hydrogen-bond donors (Lipinski definition) is 1. The monoisotopic (exact) mass is 321 g/mol. The van der Waals surface area contributed by atoms with E-state index in [2.05, 4.69) is 28.2 Å². The topological polar surface area (TPSA) is 29.1 Å². The number of alkyl halides is 1. The summed E-state index contributed by atoms with van der Waals surface area (Å²) in [5, 5.41) is 2.96. The second kappa shape index (κ2) is 6.97. The number of carbonyl (C=O) groups is 1. The molecular formula is C12H14BrClFNO. The van der Waals surface area contributed by atoms with Gasteiger partial charge < -0.3 is 5.32 Å². The summed E-state index contributed by atoms with van der Waals surface area (Å²) in [4.78, 5) is 12.0. The molecule has 0 bridgehead atoms. The van der Waals surface area contributed by atoms with Gasteiger partial charge >= 0.3 is 0 Å². The maximum Gasteiger partial charge on any atom is 0.254 e. The van der Waals surface area contributed by atoms with Crippen molar-refractivity contribution in [1.82, 2.24) is 5.32 Å². The van der Waals surface area contributed by atoms with Crippen LogP contribution in [0.1, 0.15) is 30.1 Å². The first-order valence-electron chi connectivity index (χ1n) is 5.42. The molecule has 0 saturated heterocycles. The molecule has 5 heteroatoms. The third-order valence-corrected chi connectivity index (χ3v) is 3.70. The highest BCUT2D eigenvalue weighted by Gasteiger charge is 2.11. The van der Waals surface area contributed by atoms with Crippen LogP contribution < -0.4 is 5.32 Å². The number of nitrogens with one attached hydrogen (secondary N) is 1. The SMILES string of the molecule is CCC(Br)CCNC(=O)c1ccc(Cl)cc1F. The first-order valence-corrected chi connectivity index (χ1v) is 6.71. The highest BCUT2D eigenvalue weighted by molar-refractivity contribution is 9.09. The number of halogens is 3. The molecule has 1 rings (SSSR count). The highest BCUT2D eigenvalue weighted by Crippen LogP contribution is 2.14. The summed E-state index contributed by atoms with van der Waals surface area (Å²) in [6.07, 6.45) is 1.81. The van der Waals surface area contributed by atoms with Gasteiger partial charge in [-0.2, -0.15) is 0 Å². The van der Waals surface area contributed by atoms with E-state index in [1.54, 1.807) is 0 Å². The van der Waals surface area contributed by atoms with Crippen molar-refractivity contribution in [2.45, 2.75) is 24.6 Å². The van der Waals surface area contributed by atoms with Crippen molar-refractivity contribution in [3.63, 3.8) is 0 Å². The minimum absolute atomic E-state index is 0.0250. The van der Waals surface area contributed by atoms with E-state index < -0.39 is 11.7 Å². The third kappa shape index (κ3) is 4.64. The molecule has 1 aromatic rings. The van der Waals surface area contributed by atoms with E-state index in [1.807, 2.05) is 0 Å². The molecule has 1 atom stereocenters. The van der Waals surface area contributed by atoms with Gasteiger partial charge in [0.2, 0.25) is 0 Å². The molecule has 0 heterocycles. The summed E-state index contributed by atoms with van der Waals surface area (Å²) in [6.45, 7) is 2.57. The summed E-state index contributed by atoms with van der Waals surface area (Å²) in [6, 6.07) is 4.02.